The van der Waals surface area contributed by atoms with Gasteiger partial charge in [-0.1, -0.05) is 13.8 Å². The molecule has 0 saturated heterocycles. The second-order valence-corrected chi connectivity index (χ2v) is 6.86. The highest BCUT2D eigenvalue weighted by atomic mass is 35.5. The number of aryl methyl sites for hydroxylation is 2. The molecule has 3 N–H and O–H groups in total. The molecule has 24 heavy (non-hydrogen) atoms. The van der Waals surface area contributed by atoms with Crippen molar-refractivity contribution in [1.82, 2.24) is 9.97 Å². The molecule has 2 aromatic rings. The Kier molecular flexibility index (Phi) is 7.66. The van der Waals surface area contributed by atoms with Gasteiger partial charge in [0, 0.05) is 22.0 Å². The van der Waals surface area contributed by atoms with Crippen LogP contribution in [0.15, 0.2) is 40.4 Å². The van der Waals surface area contributed by atoms with Gasteiger partial charge in [-0.2, -0.15) is 0 Å². The average molecular weight is 367 g/mol. The Morgan fingerprint density at radius 3 is 2.17 bits per heavy atom. The van der Waals surface area contributed by atoms with Gasteiger partial charge in [-0.3, -0.25) is 4.79 Å². The van der Waals surface area contributed by atoms with E-state index in [4.69, 9.17) is 5.73 Å². The number of aromatic nitrogens is 2. The largest absolute Gasteiger partial charge is 0.325 e. The minimum atomic E-state index is -0.507. The van der Waals surface area contributed by atoms with Crippen molar-refractivity contribution < 1.29 is 4.79 Å². The summed E-state index contributed by atoms with van der Waals surface area (Å²) in [6, 6.07) is 9.02. The van der Waals surface area contributed by atoms with Crippen LogP contribution in [0.3, 0.4) is 0 Å². The smallest absolute Gasteiger partial charge is 0.241 e. The molecule has 5 nitrogen and oxygen atoms in total. The molecule has 2 rings (SSSR count). The summed E-state index contributed by atoms with van der Waals surface area (Å²) >= 11 is 1.50. The summed E-state index contributed by atoms with van der Waals surface area (Å²) in [5.41, 5.74) is 8.47. The average Bonchev–Trinajstić information content (AvgIpc) is 2.47. The van der Waals surface area contributed by atoms with E-state index in [9.17, 15) is 4.79 Å². The molecule has 0 aliphatic heterocycles. The Labute approximate surface area is 153 Å². The van der Waals surface area contributed by atoms with E-state index in [1.165, 1.54) is 11.8 Å². The first-order chi connectivity index (χ1) is 10.8. The van der Waals surface area contributed by atoms with Crippen LogP contribution in [0, 0.1) is 19.8 Å². The Balaban J connectivity index is 0.00000288. The van der Waals surface area contributed by atoms with E-state index in [0.29, 0.717) is 0 Å². The number of rotatable bonds is 5. The Hall–Kier alpha value is -1.63. The first kappa shape index (κ1) is 20.4. The van der Waals surface area contributed by atoms with Crippen molar-refractivity contribution in [3.63, 3.8) is 0 Å². The van der Waals surface area contributed by atoms with Crippen LogP contribution in [0.5, 0.6) is 0 Å². The molecule has 7 heteroatoms. The van der Waals surface area contributed by atoms with Crippen molar-refractivity contribution in [2.24, 2.45) is 11.7 Å². The molecule has 0 spiro atoms. The van der Waals surface area contributed by atoms with Crippen LogP contribution in [0.4, 0.5) is 5.69 Å². The summed E-state index contributed by atoms with van der Waals surface area (Å²) in [5.74, 6) is -0.0652. The second kappa shape index (κ2) is 9.01. The Morgan fingerprint density at radius 2 is 1.67 bits per heavy atom. The van der Waals surface area contributed by atoms with Gasteiger partial charge >= 0.3 is 0 Å². The molecule has 1 aromatic heterocycles. The molecule has 1 atom stereocenters. The molecule has 1 aromatic carbocycles. The van der Waals surface area contributed by atoms with E-state index in [1.807, 2.05) is 58.0 Å². The van der Waals surface area contributed by atoms with Crippen LogP contribution >= 0.6 is 24.2 Å². The Bertz CT molecular complexity index is 671. The molecular formula is C17H23ClN4OS. The van der Waals surface area contributed by atoms with Gasteiger partial charge in [0.25, 0.3) is 0 Å². The number of anilines is 1. The van der Waals surface area contributed by atoms with Crippen molar-refractivity contribution >= 4 is 35.8 Å². The zero-order valence-electron chi connectivity index (χ0n) is 14.2. The minimum Gasteiger partial charge on any atom is -0.325 e. The predicted octanol–water partition coefficient (Wildman–Crippen LogP) is 3.59. The van der Waals surface area contributed by atoms with E-state index in [0.717, 1.165) is 27.1 Å². The SMILES string of the molecule is Cc1cc(C)nc(Sc2ccc(NC(=O)[C@@H](N)C(C)C)cc2)n1.Cl. The summed E-state index contributed by atoms with van der Waals surface area (Å²) in [5, 5.41) is 3.55. The molecule has 1 heterocycles. The Morgan fingerprint density at radius 1 is 1.12 bits per heavy atom. The third kappa shape index (κ3) is 5.78. The minimum absolute atomic E-state index is 0. The number of carbonyl (C=O) groups is 1. The fourth-order valence-corrected chi connectivity index (χ4v) is 2.84. The molecular weight excluding hydrogens is 344 g/mol. The van der Waals surface area contributed by atoms with Gasteiger partial charge in [-0.25, -0.2) is 9.97 Å². The molecule has 0 aliphatic rings. The molecule has 0 bridgehead atoms. The van der Waals surface area contributed by atoms with Gasteiger partial charge in [-0.15, -0.1) is 12.4 Å². The third-order valence-corrected chi connectivity index (χ3v) is 4.19. The number of benzene rings is 1. The molecule has 0 unspecified atom stereocenters. The first-order valence-corrected chi connectivity index (χ1v) is 8.33. The highest BCUT2D eigenvalue weighted by Gasteiger charge is 2.17. The van der Waals surface area contributed by atoms with Gasteiger partial charge in [0.1, 0.15) is 0 Å². The fraction of sp³-hybridized carbons (Fsp3) is 0.353. The van der Waals surface area contributed by atoms with Crippen LogP contribution in [-0.4, -0.2) is 21.9 Å². The van der Waals surface area contributed by atoms with E-state index in [1.54, 1.807) is 0 Å². The number of nitrogens with zero attached hydrogens (tertiary/aromatic N) is 2. The van der Waals surface area contributed by atoms with Crippen LogP contribution in [0.2, 0.25) is 0 Å². The quantitative estimate of drug-likeness (QED) is 0.790. The maximum Gasteiger partial charge on any atom is 0.241 e. The van der Waals surface area contributed by atoms with E-state index in [2.05, 4.69) is 15.3 Å². The lowest BCUT2D eigenvalue weighted by Gasteiger charge is -2.15. The number of halogens is 1. The van der Waals surface area contributed by atoms with Crippen molar-refractivity contribution in [2.45, 2.75) is 43.8 Å². The van der Waals surface area contributed by atoms with Crippen LogP contribution in [0.1, 0.15) is 25.2 Å². The molecule has 0 fully saturated rings. The standard InChI is InChI=1S/C17H22N4OS.ClH/c1-10(2)15(18)16(22)21-13-5-7-14(8-6-13)23-17-19-11(3)9-12(4)20-17;/h5-10,15H,18H2,1-4H3,(H,21,22);1H/t15-;/m0./s1. The maximum absolute atomic E-state index is 11.9. The molecule has 130 valence electrons. The zero-order chi connectivity index (χ0) is 17.0. The van der Waals surface area contributed by atoms with Crippen molar-refractivity contribution in [2.75, 3.05) is 5.32 Å². The summed E-state index contributed by atoms with van der Waals surface area (Å²) in [4.78, 5) is 21.8. The lowest BCUT2D eigenvalue weighted by molar-refractivity contribution is -0.118. The van der Waals surface area contributed by atoms with E-state index < -0.39 is 6.04 Å². The van der Waals surface area contributed by atoms with Crippen molar-refractivity contribution in [3.05, 3.63) is 41.7 Å². The lowest BCUT2D eigenvalue weighted by atomic mass is 10.1. The number of hydrogen-bond donors (Lipinski definition) is 2. The third-order valence-electron chi connectivity index (χ3n) is 3.31. The topological polar surface area (TPSA) is 80.9 Å². The van der Waals surface area contributed by atoms with Crippen molar-refractivity contribution in [3.8, 4) is 0 Å². The van der Waals surface area contributed by atoms with Gasteiger partial charge in [0.2, 0.25) is 5.91 Å². The van der Waals surface area contributed by atoms with Gasteiger partial charge in [-0.05, 0) is 61.9 Å². The zero-order valence-corrected chi connectivity index (χ0v) is 15.9. The number of nitrogens with two attached hydrogens (primary N) is 1. The van der Waals surface area contributed by atoms with Crippen LogP contribution < -0.4 is 11.1 Å². The van der Waals surface area contributed by atoms with Gasteiger partial charge < -0.3 is 11.1 Å². The maximum atomic E-state index is 11.9. The number of nitrogens with one attached hydrogen (secondary N) is 1. The highest BCUT2D eigenvalue weighted by molar-refractivity contribution is 7.99. The summed E-state index contributed by atoms with van der Waals surface area (Å²) in [6.45, 7) is 7.76. The van der Waals surface area contributed by atoms with E-state index in [-0.39, 0.29) is 24.2 Å². The number of carbonyl (C=O) groups excluding carboxylic acids is 1. The monoisotopic (exact) mass is 366 g/mol. The predicted molar refractivity (Wildman–Crippen MR) is 101 cm³/mol. The summed E-state index contributed by atoms with van der Waals surface area (Å²) in [6.07, 6.45) is 0. The summed E-state index contributed by atoms with van der Waals surface area (Å²) < 4.78 is 0. The number of amides is 1. The molecule has 0 radical (unpaired) electrons. The van der Waals surface area contributed by atoms with Crippen molar-refractivity contribution in [1.29, 1.82) is 0 Å². The summed E-state index contributed by atoms with van der Waals surface area (Å²) in [7, 11) is 0. The molecule has 1 amide bonds. The number of hydrogen-bond acceptors (Lipinski definition) is 5. The van der Waals surface area contributed by atoms with Crippen LogP contribution in [0.25, 0.3) is 0 Å². The first-order valence-electron chi connectivity index (χ1n) is 7.52. The molecule has 0 saturated carbocycles. The lowest BCUT2D eigenvalue weighted by Crippen LogP contribution is -2.39. The van der Waals surface area contributed by atoms with Gasteiger partial charge in [0.15, 0.2) is 5.16 Å². The normalized spacial score (nSPS) is 11.8. The van der Waals surface area contributed by atoms with Crippen LogP contribution in [-0.2, 0) is 4.79 Å². The molecule has 0 aliphatic carbocycles. The fourth-order valence-electron chi connectivity index (χ4n) is 1.98. The van der Waals surface area contributed by atoms with Gasteiger partial charge in [0.05, 0.1) is 6.04 Å². The highest BCUT2D eigenvalue weighted by Crippen LogP contribution is 2.26. The van der Waals surface area contributed by atoms with E-state index >= 15 is 0 Å². The second-order valence-electron chi connectivity index (χ2n) is 5.82.